The topological polar surface area (TPSA) is 66.5 Å². The number of carbonyl (C=O) groups excluding carboxylic acids is 1. The van der Waals surface area contributed by atoms with Crippen molar-refractivity contribution in [3.05, 3.63) is 65.7 Å². The van der Waals surface area contributed by atoms with Crippen LogP contribution in [0.25, 0.3) is 0 Å². The van der Waals surface area contributed by atoms with Crippen LogP contribution in [-0.4, -0.2) is 25.9 Å². The maximum Gasteiger partial charge on any atom is 0.332 e. The van der Waals surface area contributed by atoms with Gasteiger partial charge in [-0.2, -0.15) is 0 Å². The fourth-order valence-electron chi connectivity index (χ4n) is 2.07. The van der Waals surface area contributed by atoms with Gasteiger partial charge in [-0.15, -0.1) is 6.42 Å². The van der Waals surface area contributed by atoms with Crippen LogP contribution in [0.4, 0.5) is 4.79 Å². The molecule has 2 amide bonds. The Morgan fingerprint density at radius 3 is 2.33 bits per heavy atom. The van der Waals surface area contributed by atoms with E-state index in [1.54, 1.807) is 12.1 Å². The molecule has 0 aliphatic heterocycles. The van der Waals surface area contributed by atoms with Crippen molar-refractivity contribution in [3.8, 4) is 12.3 Å². The summed E-state index contributed by atoms with van der Waals surface area (Å²) in [5.41, 5.74) is 1.79. The highest BCUT2D eigenvalue weighted by Gasteiger charge is 2.21. The summed E-state index contributed by atoms with van der Waals surface area (Å²) in [6.45, 7) is 2.08. The molecule has 0 atom stereocenters. The second-order valence-electron chi connectivity index (χ2n) is 5.27. The molecule has 0 radical (unpaired) electrons. The van der Waals surface area contributed by atoms with Crippen LogP contribution in [0.1, 0.15) is 11.1 Å². The first-order chi connectivity index (χ1) is 11.4. The zero-order valence-corrected chi connectivity index (χ0v) is 14.1. The normalized spacial score (nSPS) is 10.7. The van der Waals surface area contributed by atoms with Crippen LogP contribution in [-0.2, 0) is 16.6 Å². The lowest BCUT2D eigenvalue weighted by Gasteiger charge is -2.21. The van der Waals surface area contributed by atoms with E-state index in [2.05, 4.69) is 10.6 Å². The number of hydrogen-bond donors (Lipinski definition) is 1. The van der Waals surface area contributed by atoms with E-state index >= 15 is 0 Å². The molecule has 0 aliphatic rings. The van der Waals surface area contributed by atoms with Gasteiger partial charge in [0.25, 0.3) is 10.0 Å². The lowest BCUT2D eigenvalue weighted by atomic mass is 10.2. The Hall–Kier alpha value is -2.78. The summed E-state index contributed by atoms with van der Waals surface area (Å²) in [6, 6.07) is 14.7. The molecule has 124 valence electrons. The number of benzene rings is 2. The Balaban J connectivity index is 2.15. The predicted molar refractivity (Wildman–Crippen MR) is 92.6 cm³/mol. The van der Waals surface area contributed by atoms with Crippen molar-refractivity contribution in [3.63, 3.8) is 0 Å². The Bertz CT molecular complexity index is 838. The van der Waals surface area contributed by atoms with Gasteiger partial charge in [0.2, 0.25) is 0 Å². The number of nitrogens with zero attached hydrogens (tertiary/aromatic N) is 1. The first-order valence-corrected chi connectivity index (χ1v) is 8.76. The highest BCUT2D eigenvalue weighted by atomic mass is 32.2. The number of aryl methyl sites for hydroxylation is 1. The summed E-state index contributed by atoms with van der Waals surface area (Å²) in [5.74, 6) is 2.37. The number of nitrogens with one attached hydrogen (secondary N) is 1. The lowest BCUT2D eigenvalue weighted by molar-refractivity contribution is 0.208. The lowest BCUT2D eigenvalue weighted by Crippen LogP contribution is -2.42. The van der Waals surface area contributed by atoms with Crippen LogP contribution in [0, 0.1) is 19.3 Å². The molecule has 6 heteroatoms. The zero-order chi connectivity index (χ0) is 17.6. The van der Waals surface area contributed by atoms with Crippen LogP contribution in [0.5, 0.6) is 0 Å². The summed E-state index contributed by atoms with van der Waals surface area (Å²) in [7, 11) is -3.94. The number of amides is 2. The number of rotatable bonds is 5. The van der Waals surface area contributed by atoms with Gasteiger partial charge in [0.1, 0.15) is 0 Å². The molecule has 0 fully saturated rings. The van der Waals surface area contributed by atoms with Gasteiger partial charge in [-0.25, -0.2) is 17.9 Å². The van der Waals surface area contributed by atoms with E-state index in [0.717, 1.165) is 11.1 Å². The minimum atomic E-state index is -3.94. The van der Waals surface area contributed by atoms with E-state index in [4.69, 9.17) is 6.42 Å². The monoisotopic (exact) mass is 342 g/mol. The van der Waals surface area contributed by atoms with Gasteiger partial charge in [0.15, 0.2) is 0 Å². The summed E-state index contributed by atoms with van der Waals surface area (Å²) in [6.07, 6.45) is 5.29. The average molecular weight is 342 g/mol. The molecule has 0 saturated heterocycles. The number of carbonyl (C=O) groups is 1. The van der Waals surface area contributed by atoms with E-state index in [1.807, 2.05) is 37.3 Å². The quantitative estimate of drug-likeness (QED) is 0.849. The second kappa shape index (κ2) is 7.66. The Morgan fingerprint density at radius 2 is 1.75 bits per heavy atom. The maximum absolute atomic E-state index is 12.3. The highest BCUT2D eigenvalue weighted by Crippen LogP contribution is 2.11. The third-order valence-corrected chi connectivity index (χ3v) is 4.67. The molecule has 0 bridgehead atoms. The van der Waals surface area contributed by atoms with Crippen molar-refractivity contribution in [1.82, 2.24) is 9.62 Å². The first-order valence-electron chi connectivity index (χ1n) is 7.28. The molecular weight excluding hydrogens is 324 g/mol. The maximum atomic E-state index is 12.3. The van der Waals surface area contributed by atoms with Crippen LogP contribution >= 0.6 is 0 Å². The molecule has 24 heavy (non-hydrogen) atoms. The Kier molecular flexibility index (Phi) is 5.61. The van der Waals surface area contributed by atoms with E-state index in [0.29, 0.717) is 0 Å². The van der Waals surface area contributed by atoms with E-state index in [1.165, 1.54) is 17.0 Å². The van der Waals surface area contributed by atoms with Gasteiger partial charge in [0.05, 0.1) is 11.4 Å². The van der Waals surface area contributed by atoms with Crippen molar-refractivity contribution >= 4 is 16.1 Å². The third kappa shape index (κ3) is 4.61. The molecule has 0 spiro atoms. The third-order valence-electron chi connectivity index (χ3n) is 3.34. The van der Waals surface area contributed by atoms with Crippen molar-refractivity contribution in [1.29, 1.82) is 0 Å². The molecule has 5 nitrogen and oxygen atoms in total. The summed E-state index contributed by atoms with van der Waals surface area (Å²) in [4.78, 5) is 13.6. The predicted octanol–water partition coefficient (Wildman–Crippen LogP) is 2.53. The van der Waals surface area contributed by atoms with E-state index < -0.39 is 16.1 Å². The van der Waals surface area contributed by atoms with Crippen LogP contribution < -0.4 is 4.72 Å². The minimum Gasteiger partial charge on any atom is -0.309 e. The van der Waals surface area contributed by atoms with Crippen molar-refractivity contribution in [2.75, 3.05) is 6.54 Å². The molecule has 2 aromatic rings. The van der Waals surface area contributed by atoms with Gasteiger partial charge in [-0.05, 0) is 24.6 Å². The SMILES string of the molecule is C#CCN(Cc1ccccc1)C(=O)NS(=O)(=O)c1ccc(C)cc1. The van der Waals surface area contributed by atoms with Gasteiger partial charge in [-0.3, -0.25) is 0 Å². The Labute approximate surface area is 142 Å². The van der Waals surface area contributed by atoms with E-state index in [9.17, 15) is 13.2 Å². The molecule has 0 heterocycles. The molecule has 0 unspecified atom stereocenters. The van der Waals surface area contributed by atoms with Gasteiger partial charge in [-0.1, -0.05) is 53.9 Å². The number of terminal acetylenes is 1. The fraction of sp³-hybridized carbons (Fsp3) is 0.167. The van der Waals surface area contributed by atoms with Crippen LogP contribution in [0.15, 0.2) is 59.5 Å². The van der Waals surface area contributed by atoms with Crippen molar-refractivity contribution < 1.29 is 13.2 Å². The van der Waals surface area contributed by atoms with Gasteiger partial charge >= 0.3 is 6.03 Å². The largest absolute Gasteiger partial charge is 0.332 e. The number of sulfonamides is 1. The van der Waals surface area contributed by atoms with Gasteiger partial charge in [0, 0.05) is 6.54 Å². The summed E-state index contributed by atoms with van der Waals surface area (Å²) >= 11 is 0. The van der Waals surface area contributed by atoms with Crippen LogP contribution in [0.3, 0.4) is 0 Å². The molecular formula is C18H18N2O3S. The van der Waals surface area contributed by atoms with Gasteiger partial charge < -0.3 is 4.90 Å². The zero-order valence-electron chi connectivity index (χ0n) is 13.3. The second-order valence-corrected chi connectivity index (χ2v) is 6.95. The fourth-order valence-corrected chi connectivity index (χ4v) is 3.04. The van der Waals surface area contributed by atoms with Crippen LogP contribution in [0.2, 0.25) is 0 Å². The standard InChI is InChI=1S/C18H18N2O3S/c1-3-13-20(14-16-7-5-4-6-8-16)18(21)19-24(22,23)17-11-9-15(2)10-12-17/h1,4-12H,13-14H2,2H3,(H,19,21). The molecule has 0 aromatic heterocycles. The van der Waals surface area contributed by atoms with E-state index in [-0.39, 0.29) is 18.0 Å². The molecule has 2 rings (SSSR count). The molecule has 0 aliphatic carbocycles. The van der Waals surface area contributed by atoms with Crippen molar-refractivity contribution in [2.45, 2.75) is 18.4 Å². The Morgan fingerprint density at radius 1 is 1.12 bits per heavy atom. The number of urea groups is 1. The highest BCUT2D eigenvalue weighted by molar-refractivity contribution is 7.90. The van der Waals surface area contributed by atoms with Crippen molar-refractivity contribution in [2.24, 2.45) is 0 Å². The average Bonchev–Trinajstić information content (AvgIpc) is 2.55. The minimum absolute atomic E-state index is 0.00411. The molecule has 2 aromatic carbocycles. The summed E-state index contributed by atoms with van der Waals surface area (Å²) < 4.78 is 26.7. The molecule has 1 N–H and O–H groups in total. The molecule has 0 saturated carbocycles. The summed E-state index contributed by atoms with van der Waals surface area (Å²) in [5, 5.41) is 0. The smallest absolute Gasteiger partial charge is 0.309 e. The number of hydrogen-bond acceptors (Lipinski definition) is 3. The first kappa shape index (κ1) is 17.6.